The average molecular weight is 245 g/mol. The van der Waals surface area contributed by atoms with Gasteiger partial charge in [-0.15, -0.1) is 0 Å². The van der Waals surface area contributed by atoms with Crippen LogP contribution in [0.5, 0.6) is 0 Å². The van der Waals surface area contributed by atoms with E-state index in [1.165, 1.54) is 5.56 Å². The Hall–Kier alpha value is -1.74. The van der Waals surface area contributed by atoms with E-state index >= 15 is 0 Å². The van der Waals surface area contributed by atoms with Crippen LogP contribution in [0.4, 0.5) is 5.69 Å². The lowest BCUT2D eigenvalue weighted by molar-refractivity contribution is 0.202. The molecule has 96 valence electrons. The zero-order valence-corrected chi connectivity index (χ0v) is 10.8. The fourth-order valence-corrected chi connectivity index (χ4v) is 1.93. The molecule has 3 heteroatoms. The van der Waals surface area contributed by atoms with Gasteiger partial charge in [0.25, 0.3) is 0 Å². The summed E-state index contributed by atoms with van der Waals surface area (Å²) in [6, 6.07) is 10.5. The van der Waals surface area contributed by atoms with Gasteiger partial charge in [-0.1, -0.05) is 18.2 Å². The molecule has 0 aliphatic carbocycles. The highest BCUT2D eigenvalue weighted by molar-refractivity contribution is 5.52. The number of benzene rings is 1. The maximum Gasteiger partial charge on any atom is 0.0955 e. The lowest BCUT2D eigenvalue weighted by atomic mass is 10.1. The quantitative estimate of drug-likeness (QED) is 0.843. The zero-order chi connectivity index (χ0) is 12.8. The van der Waals surface area contributed by atoms with Crippen molar-refractivity contribution in [2.75, 3.05) is 19.0 Å². The van der Waals surface area contributed by atoms with Gasteiger partial charge in [0.1, 0.15) is 0 Å². The normalized spacial score (nSPS) is 12.3. The van der Waals surface area contributed by atoms with Gasteiger partial charge in [-0.05, 0) is 31.0 Å². The molecule has 3 nitrogen and oxygen atoms in total. The molecule has 1 aromatic carbocycles. The molecule has 0 radical (unpaired) electrons. The summed E-state index contributed by atoms with van der Waals surface area (Å²) in [7, 11) is 1.73. The van der Waals surface area contributed by atoms with Gasteiger partial charge in [0.05, 0.1) is 25.2 Å². The Morgan fingerprint density at radius 1 is 1.28 bits per heavy atom. The number of furan rings is 1. The van der Waals surface area contributed by atoms with Crippen LogP contribution >= 0.6 is 0 Å². The Morgan fingerprint density at radius 3 is 2.83 bits per heavy atom. The van der Waals surface area contributed by atoms with Gasteiger partial charge < -0.3 is 14.5 Å². The van der Waals surface area contributed by atoms with Crippen molar-refractivity contribution in [3.8, 4) is 0 Å². The molecular weight excluding hydrogens is 226 g/mol. The van der Waals surface area contributed by atoms with Gasteiger partial charge in [0, 0.05) is 18.4 Å². The summed E-state index contributed by atoms with van der Waals surface area (Å²) >= 11 is 0. The molecule has 0 amide bonds. The zero-order valence-electron chi connectivity index (χ0n) is 10.8. The fraction of sp³-hybridized carbons (Fsp3) is 0.333. The van der Waals surface area contributed by atoms with E-state index in [1.807, 2.05) is 12.1 Å². The van der Waals surface area contributed by atoms with E-state index in [-0.39, 0.29) is 6.04 Å². The summed E-state index contributed by atoms with van der Waals surface area (Å²) in [4.78, 5) is 0. The first kappa shape index (κ1) is 12.7. The van der Waals surface area contributed by atoms with Crippen molar-refractivity contribution < 1.29 is 9.15 Å². The van der Waals surface area contributed by atoms with E-state index in [1.54, 1.807) is 19.6 Å². The minimum atomic E-state index is 0.229. The summed E-state index contributed by atoms with van der Waals surface area (Å²) in [5.74, 6) is 0. The molecule has 1 aromatic heterocycles. The molecular formula is C15H19NO2. The molecule has 0 fully saturated rings. The van der Waals surface area contributed by atoms with Crippen LogP contribution in [0, 0.1) is 0 Å². The number of rotatable bonds is 6. The van der Waals surface area contributed by atoms with E-state index in [0.29, 0.717) is 0 Å². The SMILES string of the molecule is COCCc1ccccc1NC(C)c1ccoc1. The number of methoxy groups -OCH3 is 1. The molecule has 1 atom stereocenters. The molecule has 0 aliphatic rings. The first-order valence-corrected chi connectivity index (χ1v) is 6.16. The maximum atomic E-state index is 5.14. The van der Waals surface area contributed by atoms with Crippen LogP contribution < -0.4 is 5.32 Å². The number of para-hydroxylation sites is 1. The summed E-state index contributed by atoms with van der Waals surface area (Å²) in [6.45, 7) is 2.86. The Balaban J connectivity index is 2.08. The monoisotopic (exact) mass is 245 g/mol. The van der Waals surface area contributed by atoms with Crippen LogP contribution in [-0.2, 0) is 11.2 Å². The second kappa shape index (κ2) is 6.26. The Kier molecular flexibility index (Phi) is 4.42. The first-order chi connectivity index (χ1) is 8.81. The molecule has 1 heterocycles. The van der Waals surface area contributed by atoms with Crippen molar-refractivity contribution in [1.29, 1.82) is 0 Å². The molecule has 0 saturated heterocycles. The predicted octanol–water partition coefficient (Wildman–Crippen LogP) is 3.64. The molecule has 0 aliphatic heterocycles. The topological polar surface area (TPSA) is 34.4 Å². The summed E-state index contributed by atoms with van der Waals surface area (Å²) in [5.41, 5.74) is 3.58. The highest BCUT2D eigenvalue weighted by atomic mass is 16.5. The maximum absolute atomic E-state index is 5.14. The van der Waals surface area contributed by atoms with Crippen molar-refractivity contribution >= 4 is 5.69 Å². The number of hydrogen-bond donors (Lipinski definition) is 1. The van der Waals surface area contributed by atoms with Crippen LogP contribution in [0.15, 0.2) is 47.3 Å². The Morgan fingerprint density at radius 2 is 2.11 bits per heavy atom. The third-order valence-electron chi connectivity index (χ3n) is 3.01. The standard InChI is InChI=1S/C15H19NO2/c1-12(14-8-10-18-11-14)16-15-6-4-3-5-13(15)7-9-17-2/h3-6,8,10-12,16H,7,9H2,1-2H3. The van der Waals surface area contributed by atoms with E-state index in [0.717, 1.165) is 24.3 Å². The van der Waals surface area contributed by atoms with Crippen molar-refractivity contribution in [2.45, 2.75) is 19.4 Å². The van der Waals surface area contributed by atoms with E-state index < -0.39 is 0 Å². The first-order valence-electron chi connectivity index (χ1n) is 6.16. The number of hydrogen-bond acceptors (Lipinski definition) is 3. The minimum Gasteiger partial charge on any atom is -0.472 e. The van der Waals surface area contributed by atoms with Gasteiger partial charge in [0.15, 0.2) is 0 Å². The lowest BCUT2D eigenvalue weighted by Gasteiger charge is -2.17. The van der Waals surface area contributed by atoms with E-state index in [4.69, 9.17) is 9.15 Å². The number of nitrogens with one attached hydrogen (secondary N) is 1. The summed E-state index contributed by atoms with van der Waals surface area (Å²) in [6.07, 6.45) is 4.39. The van der Waals surface area contributed by atoms with Crippen molar-refractivity contribution in [3.63, 3.8) is 0 Å². The van der Waals surface area contributed by atoms with Gasteiger partial charge in [-0.3, -0.25) is 0 Å². The van der Waals surface area contributed by atoms with Crippen LogP contribution in [0.2, 0.25) is 0 Å². The molecule has 2 rings (SSSR count). The minimum absolute atomic E-state index is 0.229. The van der Waals surface area contributed by atoms with Gasteiger partial charge >= 0.3 is 0 Å². The van der Waals surface area contributed by atoms with Crippen LogP contribution in [0.25, 0.3) is 0 Å². The largest absolute Gasteiger partial charge is 0.472 e. The van der Waals surface area contributed by atoms with Gasteiger partial charge in [-0.25, -0.2) is 0 Å². The molecule has 1 unspecified atom stereocenters. The third-order valence-corrected chi connectivity index (χ3v) is 3.01. The molecule has 0 spiro atoms. The van der Waals surface area contributed by atoms with Crippen LogP contribution in [-0.4, -0.2) is 13.7 Å². The summed E-state index contributed by atoms with van der Waals surface area (Å²) < 4.78 is 10.2. The highest BCUT2D eigenvalue weighted by Crippen LogP contribution is 2.23. The van der Waals surface area contributed by atoms with Gasteiger partial charge in [0.2, 0.25) is 0 Å². The smallest absolute Gasteiger partial charge is 0.0955 e. The summed E-state index contributed by atoms with van der Waals surface area (Å²) in [5, 5.41) is 3.51. The van der Waals surface area contributed by atoms with Crippen molar-refractivity contribution in [1.82, 2.24) is 0 Å². The number of anilines is 1. The van der Waals surface area contributed by atoms with Gasteiger partial charge in [-0.2, -0.15) is 0 Å². The Bertz CT molecular complexity index is 465. The molecule has 2 aromatic rings. The third kappa shape index (κ3) is 3.14. The molecule has 1 N–H and O–H groups in total. The number of ether oxygens (including phenoxy) is 1. The van der Waals surface area contributed by atoms with Crippen LogP contribution in [0.3, 0.4) is 0 Å². The lowest BCUT2D eigenvalue weighted by Crippen LogP contribution is -2.08. The molecule has 0 bridgehead atoms. The van der Waals surface area contributed by atoms with E-state index in [9.17, 15) is 0 Å². The molecule has 18 heavy (non-hydrogen) atoms. The second-order valence-corrected chi connectivity index (χ2v) is 4.32. The fourth-order valence-electron chi connectivity index (χ4n) is 1.93. The molecule has 0 saturated carbocycles. The second-order valence-electron chi connectivity index (χ2n) is 4.32. The van der Waals surface area contributed by atoms with Crippen molar-refractivity contribution in [3.05, 3.63) is 54.0 Å². The van der Waals surface area contributed by atoms with Crippen LogP contribution in [0.1, 0.15) is 24.1 Å². The Labute approximate surface area is 108 Å². The average Bonchev–Trinajstić information content (AvgIpc) is 2.91. The highest BCUT2D eigenvalue weighted by Gasteiger charge is 2.08. The predicted molar refractivity (Wildman–Crippen MR) is 72.8 cm³/mol. The van der Waals surface area contributed by atoms with Crippen molar-refractivity contribution in [2.24, 2.45) is 0 Å². The van der Waals surface area contributed by atoms with E-state index in [2.05, 4.69) is 30.4 Å².